The van der Waals surface area contributed by atoms with Gasteiger partial charge in [0.1, 0.15) is 5.69 Å². The highest BCUT2D eigenvalue weighted by Gasteiger charge is 2.27. The van der Waals surface area contributed by atoms with E-state index in [4.69, 9.17) is 0 Å². The number of piperidine rings is 1. The topological polar surface area (TPSA) is 79.3 Å². The van der Waals surface area contributed by atoms with E-state index >= 15 is 0 Å². The number of nitrogens with one attached hydrogen (secondary N) is 2. The number of amides is 2. The van der Waals surface area contributed by atoms with Gasteiger partial charge in [0.15, 0.2) is 0 Å². The van der Waals surface area contributed by atoms with Crippen LogP contribution in [0.4, 0.5) is 0 Å². The molecule has 26 heavy (non-hydrogen) atoms. The Kier molecular flexibility index (Phi) is 5.96. The second-order valence-corrected chi connectivity index (χ2v) is 7.79. The van der Waals surface area contributed by atoms with Crippen molar-refractivity contribution in [2.24, 2.45) is 0 Å². The summed E-state index contributed by atoms with van der Waals surface area (Å²) in [5.41, 5.74) is 1.59. The molecule has 7 nitrogen and oxygen atoms in total. The molecule has 2 amide bonds. The summed E-state index contributed by atoms with van der Waals surface area (Å²) in [6, 6.07) is 2.48. The molecule has 0 radical (unpaired) electrons. The van der Waals surface area contributed by atoms with Gasteiger partial charge in [0.05, 0.1) is 12.2 Å². The highest BCUT2D eigenvalue weighted by atomic mass is 16.2. The Morgan fingerprint density at radius 1 is 1.15 bits per heavy atom. The number of carbonyl (C=O) groups excluding carboxylic acids is 2. The van der Waals surface area contributed by atoms with Gasteiger partial charge in [-0.15, -0.1) is 0 Å². The van der Waals surface area contributed by atoms with Crippen LogP contribution in [0.1, 0.15) is 68.6 Å². The lowest BCUT2D eigenvalue weighted by molar-refractivity contribution is -0.122. The van der Waals surface area contributed by atoms with Crippen LogP contribution in [-0.4, -0.2) is 58.2 Å². The van der Waals surface area contributed by atoms with Crippen LogP contribution >= 0.6 is 0 Å². The monoisotopic (exact) mass is 361 g/mol. The van der Waals surface area contributed by atoms with E-state index in [1.165, 1.54) is 0 Å². The van der Waals surface area contributed by atoms with Crippen molar-refractivity contribution < 1.29 is 9.59 Å². The van der Waals surface area contributed by atoms with E-state index in [0.29, 0.717) is 30.7 Å². The smallest absolute Gasteiger partial charge is 0.269 e. The van der Waals surface area contributed by atoms with Crippen LogP contribution in [0.2, 0.25) is 0 Å². The Morgan fingerprint density at radius 2 is 1.81 bits per heavy atom. The van der Waals surface area contributed by atoms with Gasteiger partial charge in [-0.2, -0.15) is 5.10 Å². The van der Waals surface area contributed by atoms with Gasteiger partial charge in [-0.1, -0.05) is 13.8 Å². The molecule has 0 unspecified atom stereocenters. The minimum atomic E-state index is -0.0452. The van der Waals surface area contributed by atoms with E-state index in [1.54, 1.807) is 4.68 Å². The van der Waals surface area contributed by atoms with Crippen molar-refractivity contribution in [2.75, 3.05) is 19.6 Å². The van der Waals surface area contributed by atoms with Gasteiger partial charge in [-0.3, -0.25) is 19.2 Å². The normalized spacial score (nSPS) is 18.9. The third kappa shape index (κ3) is 4.84. The fourth-order valence-corrected chi connectivity index (χ4v) is 3.34. The minimum absolute atomic E-state index is 0.0452. The third-order valence-corrected chi connectivity index (χ3v) is 5.16. The molecule has 0 aromatic carbocycles. The van der Waals surface area contributed by atoms with Crippen molar-refractivity contribution in [3.05, 3.63) is 17.5 Å². The van der Waals surface area contributed by atoms with Gasteiger partial charge >= 0.3 is 0 Å². The Hall–Kier alpha value is -1.89. The lowest BCUT2D eigenvalue weighted by Gasteiger charge is -2.31. The zero-order valence-corrected chi connectivity index (χ0v) is 16.1. The summed E-state index contributed by atoms with van der Waals surface area (Å²) in [4.78, 5) is 26.7. The molecule has 0 spiro atoms. The van der Waals surface area contributed by atoms with E-state index in [0.717, 1.165) is 44.5 Å². The van der Waals surface area contributed by atoms with Crippen molar-refractivity contribution in [1.82, 2.24) is 25.3 Å². The highest BCUT2D eigenvalue weighted by molar-refractivity contribution is 5.93. The highest BCUT2D eigenvalue weighted by Crippen LogP contribution is 2.19. The molecule has 0 atom stereocenters. The van der Waals surface area contributed by atoms with Crippen molar-refractivity contribution in [3.63, 3.8) is 0 Å². The number of likely N-dealkylation sites (tertiary alicyclic amines) is 1. The number of hydrogen-bond donors (Lipinski definition) is 2. The lowest BCUT2D eigenvalue weighted by atomic mass is 10.0. The number of nitrogens with zero attached hydrogens (tertiary/aromatic N) is 3. The summed E-state index contributed by atoms with van der Waals surface area (Å²) in [6.07, 6.45) is 3.99. The van der Waals surface area contributed by atoms with Crippen molar-refractivity contribution in [2.45, 2.75) is 71.0 Å². The number of aromatic nitrogens is 2. The second-order valence-electron chi connectivity index (χ2n) is 7.79. The zero-order valence-electron chi connectivity index (χ0n) is 16.1. The van der Waals surface area contributed by atoms with Gasteiger partial charge in [-0.25, -0.2) is 0 Å². The van der Waals surface area contributed by atoms with E-state index < -0.39 is 0 Å². The molecule has 2 aliphatic rings. The van der Waals surface area contributed by atoms with Crippen LogP contribution in [0.25, 0.3) is 0 Å². The molecular formula is C19H31N5O2. The van der Waals surface area contributed by atoms with Crippen LogP contribution in [0.3, 0.4) is 0 Å². The van der Waals surface area contributed by atoms with Crippen LogP contribution in [0, 0.1) is 0 Å². The SMILES string of the molecule is CCn1nc(C(C)C)cc1C(=O)NC1CCN(CC(=O)NC2CC2)CC1. The third-order valence-electron chi connectivity index (χ3n) is 5.16. The molecule has 2 heterocycles. The molecule has 7 heteroatoms. The summed E-state index contributed by atoms with van der Waals surface area (Å²) >= 11 is 0. The minimum Gasteiger partial charge on any atom is -0.352 e. The average molecular weight is 361 g/mol. The molecule has 1 saturated heterocycles. The predicted octanol–water partition coefficient (Wildman–Crippen LogP) is 1.50. The van der Waals surface area contributed by atoms with Crippen LogP contribution < -0.4 is 10.6 Å². The maximum absolute atomic E-state index is 12.7. The van der Waals surface area contributed by atoms with Crippen molar-refractivity contribution >= 4 is 11.8 Å². The quantitative estimate of drug-likeness (QED) is 0.771. The second kappa shape index (κ2) is 8.20. The Labute approximate surface area is 155 Å². The Balaban J connectivity index is 1.48. The Morgan fingerprint density at radius 3 is 2.38 bits per heavy atom. The molecule has 1 aliphatic heterocycles. The number of hydrogen-bond acceptors (Lipinski definition) is 4. The first kappa shape index (κ1) is 18.9. The maximum Gasteiger partial charge on any atom is 0.269 e. The molecule has 1 aromatic rings. The molecule has 1 aromatic heterocycles. The van der Waals surface area contributed by atoms with Gasteiger partial charge in [0.25, 0.3) is 5.91 Å². The molecule has 2 fully saturated rings. The molecule has 0 bridgehead atoms. The first-order valence-corrected chi connectivity index (χ1v) is 9.86. The summed E-state index contributed by atoms with van der Waals surface area (Å²) < 4.78 is 1.78. The van der Waals surface area contributed by atoms with Gasteiger partial charge in [0, 0.05) is 31.7 Å². The van der Waals surface area contributed by atoms with Crippen LogP contribution in [-0.2, 0) is 11.3 Å². The number of aryl methyl sites for hydroxylation is 1. The molecule has 3 rings (SSSR count). The van der Waals surface area contributed by atoms with E-state index in [1.807, 2.05) is 13.0 Å². The first-order valence-electron chi connectivity index (χ1n) is 9.86. The fraction of sp³-hybridized carbons (Fsp3) is 0.737. The van der Waals surface area contributed by atoms with Crippen molar-refractivity contribution in [3.8, 4) is 0 Å². The summed E-state index contributed by atoms with van der Waals surface area (Å²) in [5, 5.41) is 10.7. The summed E-state index contributed by atoms with van der Waals surface area (Å²) in [5.74, 6) is 0.388. The molecule has 2 N–H and O–H groups in total. The van der Waals surface area contributed by atoms with E-state index in [2.05, 4.69) is 34.5 Å². The average Bonchev–Trinajstić information content (AvgIpc) is 3.30. The van der Waals surface area contributed by atoms with Crippen LogP contribution in [0.15, 0.2) is 6.07 Å². The van der Waals surface area contributed by atoms with Gasteiger partial charge in [-0.05, 0) is 44.6 Å². The fourth-order valence-electron chi connectivity index (χ4n) is 3.34. The number of carbonyl (C=O) groups is 2. The largest absolute Gasteiger partial charge is 0.352 e. The zero-order chi connectivity index (χ0) is 18.7. The molecule has 144 valence electrons. The van der Waals surface area contributed by atoms with Crippen molar-refractivity contribution in [1.29, 1.82) is 0 Å². The summed E-state index contributed by atoms with van der Waals surface area (Å²) in [7, 11) is 0. The predicted molar refractivity (Wildman–Crippen MR) is 100 cm³/mol. The van der Waals surface area contributed by atoms with Crippen LogP contribution in [0.5, 0.6) is 0 Å². The number of rotatable bonds is 7. The summed E-state index contributed by atoms with van der Waals surface area (Å²) in [6.45, 7) is 9.00. The first-order chi connectivity index (χ1) is 12.5. The van der Waals surface area contributed by atoms with E-state index in [9.17, 15) is 9.59 Å². The standard InChI is InChI=1S/C19H31N5O2/c1-4-24-17(11-16(22-24)13(2)3)19(26)21-15-7-9-23(10-8-15)12-18(25)20-14-5-6-14/h11,13-15H,4-10,12H2,1-3H3,(H,20,25)(H,21,26). The molecule has 1 aliphatic carbocycles. The maximum atomic E-state index is 12.7. The van der Waals surface area contributed by atoms with Gasteiger partial charge in [0.2, 0.25) is 5.91 Å². The lowest BCUT2D eigenvalue weighted by Crippen LogP contribution is -2.47. The Bertz CT molecular complexity index is 642. The molecular weight excluding hydrogens is 330 g/mol. The van der Waals surface area contributed by atoms with Gasteiger partial charge < -0.3 is 10.6 Å². The van der Waals surface area contributed by atoms with E-state index in [-0.39, 0.29) is 17.9 Å². The molecule has 1 saturated carbocycles.